The quantitative estimate of drug-likeness (QED) is 0.816. The maximum atomic E-state index is 12.2. The highest BCUT2D eigenvalue weighted by Gasteiger charge is 2.10. The van der Waals surface area contributed by atoms with E-state index in [0.717, 1.165) is 16.8 Å². The average Bonchev–Trinajstić information content (AvgIpc) is 2.44. The molecule has 0 heterocycles. The Balaban J connectivity index is 2.11. The van der Waals surface area contributed by atoms with E-state index < -0.39 is 5.76 Å². The van der Waals surface area contributed by atoms with Crippen LogP contribution in [0.2, 0.25) is 0 Å². The second-order valence-corrected chi connectivity index (χ2v) is 5.67. The van der Waals surface area contributed by atoms with Gasteiger partial charge in [0.1, 0.15) is 0 Å². The van der Waals surface area contributed by atoms with Crippen LogP contribution in [-0.4, -0.2) is 11.7 Å². The number of alkyl halides is 2. The Bertz CT molecular complexity index is 641. The zero-order valence-electron chi connectivity index (χ0n) is 11.7. The highest BCUT2D eigenvalue weighted by atomic mass is 32.2. The van der Waals surface area contributed by atoms with Crippen LogP contribution in [0, 0.1) is 13.8 Å². The maximum Gasteiger partial charge on any atom is 0.288 e. The molecule has 110 valence electrons. The number of carbonyl (C=O) groups excluding carboxylic acids is 1. The highest BCUT2D eigenvalue weighted by molar-refractivity contribution is 7.99. The lowest BCUT2D eigenvalue weighted by atomic mass is 10.1. The van der Waals surface area contributed by atoms with Crippen LogP contribution in [0.15, 0.2) is 47.4 Å². The number of nitrogens with one attached hydrogen (secondary N) is 1. The van der Waals surface area contributed by atoms with Gasteiger partial charge in [0.25, 0.3) is 11.7 Å². The van der Waals surface area contributed by atoms with E-state index in [1.165, 1.54) is 12.1 Å². The molecule has 0 aromatic heterocycles. The Kier molecular flexibility index (Phi) is 4.96. The molecule has 1 N–H and O–H groups in total. The molecule has 0 fully saturated rings. The maximum absolute atomic E-state index is 12.2. The van der Waals surface area contributed by atoms with Gasteiger partial charge in [-0.05, 0) is 55.3 Å². The van der Waals surface area contributed by atoms with Gasteiger partial charge in [0.05, 0.1) is 0 Å². The first-order chi connectivity index (χ1) is 9.97. The Morgan fingerprint density at radius 1 is 1.10 bits per heavy atom. The molecule has 0 unspecified atom stereocenters. The molecule has 0 bridgehead atoms. The van der Waals surface area contributed by atoms with Crippen molar-refractivity contribution in [1.29, 1.82) is 0 Å². The molecule has 2 rings (SSSR count). The fraction of sp³-hybridized carbons (Fsp3) is 0.188. The number of rotatable bonds is 4. The largest absolute Gasteiger partial charge is 0.322 e. The van der Waals surface area contributed by atoms with E-state index in [2.05, 4.69) is 5.32 Å². The van der Waals surface area contributed by atoms with Crippen LogP contribution in [0.5, 0.6) is 0 Å². The second-order valence-electron chi connectivity index (χ2n) is 4.60. The topological polar surface area (TPSA) is 29.1 Å². The summed E-state index contributed by atoms with van der Waals surface area (Å²) in [5, 5.41) is 2.83. The van der Waals surface area contributed by atoms with Crippen molar-refractivity contribution in [2.45, 2.75) is 24.5 Å². The number of thioether (sulfide) groups is 1. The third kappa shape index (κ3) is 4.04. The first kappa shape index (κ1) is 15.5. The smallest absolute Gasteiger partial charge is 0.288 e. The summed E-state index contributed by atoms with van der Waals surface area (Å²) in [6.07, 6.45) is 0. The van der Waals surface area contributed by atoms with Gasteiger partial charge in [-0.15, -0.1) is 0 Å². The average molecular weight is 307 g/mol. The van der Waals surface area contributed by atoms with Gasteiger partial charge >= 0.3 is 0 Å². The monoisotopic (exact) mass is 307 g/mol. The number of amides is 1. The van der Waals surface area contributed by atoms with Crippen LogP contribution in [0.1, 0.15) is 21.5 Å². The summed E-state index contributed by atoms with van der Waals surface area (Å²) in [4.78, 5) is 12.6. The fourth-order valence-corrected chi connectivity index (χ4v) is 2.37. The van der Waals surface area contributed by atoms with Crippen LogP contribution in [0.3, 0.4) is 0 Å². The molecule has 21 heavy (non-hydrogen) atoms. The molecule has 0 spiro atoms. The minimum atomic E-state index is -2.46. The number of benzene rings is 2. The van der Waals surface area contributed by atoms with Gasteiger partial charge in [0, 0.05) is 16.1 Å². The van der Waals surface area contributed by atoms with Crippen molar-refractivity contribution in [2.75, 3.05) is 5.32 Å². The van der Waals surface area contributed by atoms with E-state index in [0.29, 0.717) is 22.2 Å². The van der Waals surface area contributed by atoms with Crippen molar-refractivity contribution in [2.24, 2.45) is 0 Å². The normalized spacial score (nSPS) is 10.7. The standard InChI is InChI=1S/C16H15F2NOS/c1-10-4-3-5-14(11(10)2)19-15(20)12-6-8-13(9-7-12)21-16(17)18/h3-9,16H,1-2H3,(H,19,20). The molecule has 0 aliphatic heterocycles. The molecule has 1 amide bonds. The molecular formula is C16H15F2NOS. The van der Waals surface area contributed by atoms with Gasteiger partial charge in [-0.3, -0.25) is 4.79 Å². The van der Waals surface area contributed by atoms with E-state index in [4.69, 9.17) is 0 Å². The van der Waals surface area contributed by atoms with E-state index in [-0.39, 0.29) is 5.91 Å². The molecule has 2 aromatic carbocycles. The summed E-state index contributed by atoms with van der Waals surface area (Å²) in [5.41, 5.74) is 3.30. The second kappa shape index (κ2) is 6.72. The van der Waals surface area contributed by atoms with Gasteiger partial charge in [0.2, 0.25) is 0 Å². The van der Waals surface area contributed by atoms with Gasteiger partial charge in [-0.2, -0.15) is 8.78 Å². The Hall–Kier alpha value is -1.88. The van der Waals surface area contributed by atoms with Gasteiger partial charge < -0.3 is 5.32 Å². The Labute approximate surface area is 126 Å². The first-order valence-corrected chi connectivity index (χ1v) is 7.28. The minimum Gasteiger partial charge on any atom is -0.322 e. The van der Waals surface area contributed by atoms with E-state index >= 15 is 0 Å². The van der Waals surface area contributed by atoms with Crippen LogP contribution >= 0.6 is 11.8 Å². The van der Waals surface area contributed by atoms with E-state index in [9.17, 15) is 13.6 Å². The van der Waals surface area contributed by atoms with Crippen molar-refractivity contribution in [1.82, 2.24) is 0 Å². The fourth-order valence-electron chi connectivity index (χ4n) is 1.87. The minimum absolute atomic E-state index is 0.253. The number of aryl methyl sites for hydroxylation is 1. The van der Waals surface area contributed by atoms with Crippen molar-refractivity contribution in [3.8, 4) is 0 Å². The van der Waals surface area contributed by atoms with Crippen molar-refractivity contribution in [3.63, 3.8) is 0 Å². The van der Waals surface area contributed by atoms with Crippen LogP contribution in [0.4, 0.5) is 14.5 Å². The summed E-state index contributed by atoms with van der Waals surface area (Å²) >= 11 is 0.462. The number of hydrogen-bond acceptors (Lipinski definition) is 2. The summed E-state index contributed by atoms with van der Waals surface area (Å²) in [5.74, 6) is -2.71. The molecule has 0 saturated heterocycles. The number of carbonyl (C=O) groups is 1. The van der Waals surface area contributed by atoms with Crippen LogP contribution in [0.25, 0.3) is 0 Å². The zero-order chi connectivity index (χ0) is 15.4. The molecule has 0 atom stereocenters. The molecule has 0 saturated carbocycles. The van der Waals surface area contributed by atoms with Crippen LogP contribution < -0.4 is 5.32 Å². The van der Waals surface area contributed by atoms with E-state index in [1.54, 1.807) is 12.1 Å². The summed E-state index contributed by atoms with van der Waals surface area (Å²) in [7, 11) is 0. The molecule has 0 radical (unpaired) electrons. The van der Waals surface area contributed by atoms with Crippen molar-refractivity contribution < 1.29 is 13.6 Å². The molecule has 2 nitrogen and oxygen atoms in total. The Morgan fingerprint density at radius 3 is 2.38 bits per heavy atom. The first-order valence-electron chi connectivity index (χ1n) is 6.40. The van der Waals surface area contributed by atoms with Gasteiger partial charge in [-0.25, -0.2) is 0 Å². The molecule has 5 heteroatoms. The lowest BCUT2D eigenvalue weighted by Crippen LogP contribution is -2.12. The number of anilines is 1. The third-order valence-electron chi connectivity index (χ3n) is 3.19. The number of halogens is 2. The highest BCUT2D eigenvalue weighted by Crippen LogP contribution is 2.25. The zero-order valence-corrected chi connectivity index (χ0v) is 12.5. The summed E-state index contributed by atoms with van der Waals surface area (Å²) < 4.78 is 24.5. The molecule has 2 aromatic rings. The SMILES string of the molecule is Cc1cccc(NC(=O)c2ccc(SC(F)F)cc2)c1C. The Morgan fingerprint density at radius 2 is 1.76 bits per heavy atom. The van der Waals surface area contributed by atoms with E-state index in [1.807, 2.05) is 32.0 Å². The van der Waals surface area contributed by atoms with Gasteiger partial charge in [-0.1, -0.05) is 23.9 Å². The van der Waals surface area contributed by atoms with Crippen molar-refractivity contribution in [3.05, 3.63) is 59.2 Å². The van der Waals surface area contributed by atoms with Crippen LogP contribution in [-0.2, 0) is 0 Å². The van der Waals surface area contributed by atoms with Gasteiger partial charge in [0.15, 0.2) is 0 Å². The lowest BCUT2D eigenvalue weighted by Gasteiger charge is -2.10. The molecular weight excluding hydrogens is 292 g/mol. The summed E-state index contributed by atoms with van der Waals surface area (Å²) in [6, 6.07) is 11.8. The predicted octanol–water partition coefficient (Wildman–Crippen LogP) is 4.87. The molecule has 0 aliphatic carbocycles. The summed E-state index contributed by atoms with van der Waals surface area (Å²) in [6.45, 7) is 3.91. The lowest BCUT2D eigenvalue weighted by molar-refractivity contribution is 0.102. The molecule has 0 aliphatic rings. The third-order valence-corrected chi connectivity index (χ3v) is 3.92. The van der Waals surface area contributed by atoms with Crippen molar-refractivity contribution >= 4 is 23.4 Å². The predicted molar refractivity (Wildman–Crippen MR) is 82.2 cm³/mol. The number of hydrogen-bond donors (Lipinski definition) is 1.